The highest BCUT2D eigenvalue weighted by molar-refractivity contribution is 7.91. The Morgan fingerprint density at radius 2 is 1.80 bits per heavy atom. The van der Waals surface area contributed by atoms with Gasteiger partial charge in [0, 0.05) is 17.5 Å². The molecule has 1 N–H and O–H groups in total. The molecule has 0 radical (unpaired) electrons. The summed E-state index contributed by atoms with van der Waals surface area (Å²) in [6, 6.07) is 11.3. The standard InChI is InChI=1S/C18H26N2O3S2/c1-5-16-11-12-18(24-16)25(21,22)19-13-17(20(3)4)14-7-9-15(10-8-14)23-6-2/h7-12,17,19H,5-6,13H2,1-4H3. The quantitative estimate of drug-likeness (QED) is 0.723. The molecule has 2 rings (SSSR count). The Morgan fingerprint density at radius 1 is 1.12 bits per heavy atom. The summed E-state index contributed by atoms with van der Waals surface area (Å²) in [5, 5.41) is 0. The van der Waals surface area contributed by atoms with Crippen molar-refractivity contribution in [3.05, 3.63) is 46.8 Å². The highest BCUT2D eigenvalue weighted by Gasteiger charge is 2.21. The second-order valence-electron chi connectivity index (χ2n) is 5.91. The summed E-state index contributed by atoms with van der Waals surface area (Å²) < 4.78 is 33.6. The second-order valence-corrected chi connectivity index (χ2v) is 9.07. The molecule has 1 atom stereocenters. The molecule has 5 nitrogen and oxygen atoms in total. The lowest BCUT2D eigenvalue weighted by Gasteiger charge is -2.25. The van der Waals surface area contributed by atoms with Crippen molar-refractivity contribution in [2.45, 2.75) is 30.5 Å². The molecule has 1 aromatic carbocycles. The maximum atomic E-state index is 12.5. The Hall–Kier alpha value is -1.41. The van der Waals surface area contributed by atoms with Crippen molar-refractivity contribution in [1.29, 1.82) is 0 Å². The summed E-state index contributed by atoms with van der Waals surface area (Å²) in [5.41, 5.74) is 1.04. The Balaban J connectivity index is 2.11. The minimum Gasteiger partial charge on any atom is -0.494 e. The van der Waals surface area contributed by atoms with Gasteiger partial charge in [-0.2, -0.15) is 0 Å². The van der Waals surface area contributed by atoms with E-state index in [4.69, 9.17) is 4.74 Å². The zero-order valence-corrected chi connectivity index (χ0v) is 16.8. The van der Waals surface area contributed by atoms with Gasteiger partial charge in [0.15, 0.2) is 0 Å². The normalized spacial score (nSPS) is 13.2. The lowest BCUT2D eigenvalue weighted by molar-refractivity contribution is 0.298. The van der Waals surface area contributed by atoms with E-state index >= 15 is 0 Å². The summed E-state index contributed by atoms with van der Waals surface area (Å²) in [4.78, 5) is 3.07. The Kier molecular flexibility index (Phi) is 7.01. The van der Waals surface area contributed by atoms with Crippen LogP contribution in [-0.4, -0.2) is 40.6 Å². The van der Waals surface area contributed by atoms with Crippen molar-refractivity contribution in [2.24, 2.45) is 0 Å². The van der Waals surface area contributed by atoms with Gasteiger partial charge in [0.2, 0.25) is 10.0 Å². The molecule has 2 aromatic rings. The summed E-state index contributed by atoms with van der Waals surface area (Å²) in [6.45, 7) is 4.89. The van der Waals surface area contributed by atoms with Crippen LogP contribution in [-0.2, 0) is 16.4 Å². The molecular formula is C18H26N2O3S2. The molecule has 0 fully saturated rings. The zero-order valence-electron chi connectivity index (χ0n) is 15.2. The van der Waals surface area contributed by atoms with Gasteiger partial charge in [-0.1, -0.05) is 19.1 Å². The van der Waals surface area contributed by atoms with Crippen LogP contribution in [0, 0.1) is 0 Å². The summed E-state index contributed by atoms with van der Waals surface area (Å²) >= 11 is 1.32. The molecule has 0 saturated carbocycles. The Bertz CT molecular complexity index is 768. The molecule has 0 aliphatic rings. The predicted octanol–water partition coefficient (Wildman–Crippen LogP) is 3.29. The van der Waals surface area contributed by atoms with Crippen LogP contribution in [0.2, 0.25) is 0 Å². The van der Waals surface area contributed by atoms with Gasteiger partial charge < -0.3 is 9.64 Å². The minimum absolute atomic E-state index is 0.0592. The van der Waals surface area contributed by atoms with Crippen molar-refractivity contribution in [3.63, 3.8) is 0 Å². The molecule has 25 heavy (non-hydrogen) atoms. The first kappa shape index (κ1) is 19.9. The van der Waals surface area contributed by atoms with Crippen LogP contribution in [0.3, 0.4) is 0 Å². The monoisotopic (exact) mass is 382 g/mol. The lowest BCUT2D eigenvalue weighted by Crippen LogP contribution is -2.34. The van der Waals surface area contributed by atoms with Gasteiger partial charge in [0.1, 0.15) is 9.96 Å². The van der Waals surface area contributed by atoms with Crippen LogP contribution >= 0.6 is 11.3 Å². The summed E-state index contributed by atoms with van der Waals surface area (Å²) in [7, 11) is 0.395. The first-order chi connectivity index (χ1) is 11.9. The van der Waals surface area contributed by atoms with Gasteiger partial charge in [-0.3, -0.25) is 0 Å². The number of sulfonamides is 1. The fraction of sp³-hybridized carbons (Fsp3) is 0.444. The molecule has 0 aliphatic carbocycles. The number of thiophene rings is 1. The van der Waals surface area contributed by atoms with Gasteiger partial charge in [-0.15, -0.1) is 11.3 Å². The highest BCUT2D eigenvalue weighted by atomic mass is 32.2. The molecule has 1 unspecified atom stereocenters. The highest BCUT2D eigenvalue weighted by Crippen LogP contribution is 2.24. The van der Waals surface area contributed by atoms with Crippen LogP contribution < -0.4 is 9.46 Å². The number of hydrogen-bond donors (Lipinski definition) is 1. The van der Waals surface area contributed by atoms with E-state index in [0.717, 1.165) is 22.6 Å². The number of aryl methyl sites for hydroxylation is 1. The Labute approximate surface area is 154 Å². The number of nitrogens with zero attached hydrogens (tertiary/aromatic N) is 1. The van der Waals surface area contributed by atoms with Crippen molar-refractivity contribution < 1.29 is 13.2 Å². The smallest absolute Gasteiger partial charge is 0.250 e. The van der Waals surface area contributed by atoms with E-state index in [1.54, 1.807) is 6.07 Å². The SMILES string of the molecule is CCOc1ccc(C(CNS(=O)(=O)c2ccc(CC)s2)N(C)C)cc1. The van der Waals surface area contributed by atoms with Crippen LogP contribution in [0.5, 0.6) is 5.75 Å². The van der Waals surface area contributed by atoms with Crippen LogP contribution in [0.1, 0.15) is 30.3 Å². The number of hydrogen-bond acceptors (Lipinski definition) is 5. The molecule has 0 aliphatic heterocycles. The van der Waals surface area contributed by atoms with Crippen molar-refractivity contribution >= 4 is 21.4 Å². The molecule has 0 bridgehead atoms. The van der Waals surface area contributed by atoms with Crippen LogP contribution in [0.4, 0.5) is 0 Å². The number of nitrogens with one attached hydrogen (secondary N) is 1. The van der Waals surface area contributed by atoms with E-state index in [0.29, 0.717) is 17.4 Å². The first-order valence-electron chi connectivity index (χ1n) is 8.35. The lowest BCUT2D eigenvalue weighted by atomic mass is 10.1. The van der Waals surface area contributed by atoms with Gasteiger partial charge >= 0.3 is 0 Å². The molecule has 7 heteroatoms. The fourth-order valence-electron chi connectivity index (χ4n) is 2.50. The number of likely N-dealkylation sites (N-methyl/N-ethyl adjacent to an activating group) is 1. The van der Waals surface area contributed by atoms with Gasteiger partial charge in [0.05, 0.1) is 6.61 Å². The number of ether oxygens (including phenoxy) is 1. The molecule has 1 heterocycles. The van der Waals surface area contributed by atoms with E-state index < -0.39 is 10.0 Å². The predicted molar refractivity (Wildman–Crippen MR) is 103 cm³/mol. The van der Waals surface area contributed by atoms with E-state index in [2.05, 4.69) is 4.72 Å². The average Bonchev–Trinajstić information content (AvgIpc) is 3.06. The summed E-state index contributed by atoms with van der Waals surface area (Å²) in [6.07, 6.45) is 0.840. The molecular weight excluding hydrogens is 356 g/mol. The number of benzene rings is 1. The van der Waals surface area contributed by atoms with E-state index in [9.17, 15) is 8.42 Å². The minimum atomic E-state index is -3.49. The maximum Gasteiger partial charge on any atom is 0.250 e. The van der Waals surface area contributed by atoms with Gasteiger partial charge in [-0.25, -0.2) is 13.1 Å². The maximum absolute atomic E-state index is 12.5. The Morgan fingerprint density at radius 3 is 2.32 bits per heavy atom. The topological polar surface area (TPSA) is 58.6 Å². The second kappa shape index (κ2) is 8.80. The first-order valence-corrected chi connectivity index (χ1v) is 10.6. The molecule has 0 spiro atoms. The zero-order chi connectivity index (χ0) is 18.4. The van der Waals surface area contributed by atoms with Crippen LogP contribution in [0.25, 0.3) is 0 Å². The van der Waals surface area contributed by atoms with Gasteiger partial charge in [0.25, 0.3) is 0 Å². The van der Waals surface area contributed by atoms with E-state index in [1.165, 1.54) is 11.3 Å². The summed E-state index contributed by atoms with van der Waals surface area (Å²) in [5.74, 6) is 0.815. The third-order valence-corrected chi connectivity index (χ3v) is 7.06. The van der Waals surface area contributed by atoms with Crippen molar-refractivity contribution in [1.82, 2.24) is 9.62 Å². The fourth-order valence-corrected chi connectivity index (χ4v) is 4.88. The van der Waals surface area contributed by atoms with E-state index in [-0.39, 0.29) is 6.04 Å². The average molecular weight is 383 g/mol. The largest absolute Gasteiger partial charge is 0.494 e. The molecule has 1 aromatic heterocycles. The van der Waals surface area contributed by atoms with Crippen molar-refractivity contribution in [3.8, 4) is 5.75 Å². The van der Waals surface area contributed by atoms with E-state index in [1.807, 2.05) is 63.2 Å². The third-order valence-electron chi connectivity index (χ3n) is 3.92. The molecule has 138 valence electrons. The number of rotatable bonds is 9. The molecule has 0 saturated heterocycles. The third kappa shape index (κ3) is 5.28. The molecule has 0 amide bonds. The van der Waals surface area contributed by atoms with Crippen LogP contribution in [0.15, 0.2) is 40.6 Å². The van der Waals surface area contributed by atoms with Crippen molar-refractivity contribution in [2.75, 3.05) is 27.2 Å². The van der Waals surface area contributed by atoms with Gasteiger partial charge in [-0.05, 0) is 57.3 Å².